The van der Waals surface area contributed by atoms with E-state index in [1.165, 1.54) is 6.20 Å². The van der Waals surface area contributed by atoms with E-state index in [9.17, 15) is 22.8 Å². The quantitative estimate of drug-likeness (QED) is 0.871. The minimum absolute atomic E-state index is 0.0497. The molecule has 6 nitrogen and oxygen atoms in total. The highest BCUT2D eigenvalue weighted by Gasteiger charge is 2.32. The zero-order chi connectivity index (χ0) is 16.3. The van der Waals surface area contributed by atoms with Crippen LogP contribution in [-0.4, -0.2) is 41.9 Å². The highest BCUT2D eigenvalue weighted by atomic mass is 35.5. The summed E-state index contributed by atoms with van der Waals surface area (Å²) in [6, 6.07) is 0. The van der Waals surface area contributed by atoms with E-state index in [2.05, 4.69) is 10.2 Å². The topological polar surface area (TPSA) is 78.1 Å². The summed E-state index contributed by atoms with van der Waals surface area (Å²) in [5.41, 5.74) is -0.179. The van der Waals surface area contributed by atoms with Crippen LogP contribution in [0.2, 0.25) is 5.02 Å². The van der Waals surface area contributed by atoms with Crippen LogP contribution in [0.5, 0.6) is 0 Å². The Morgan fingerprint density at radius 3 is 2.95 bits per heavy atom. The predicted molar refractivity (Wildman–Crippen MR) is 73.9 cm³/mol. The third kappa shape index (κ3) is 4.12. The average Bonchev–Trinajstić information content (AvgIpc) is 2.47. The number of nitrogens with one attached hydrogen (secondary N) is 2. The molecule has 1 amide bonds. The van der Waals surface area contributed by atoms with Gasteiger partial charge >= 0.3 is 6.18 Å². The first-order chi connectivity index (χ1) is 10.3. The second-order valence-corrected chi connectivity index (χ2v) is 5.39. The van der Waals surface area contributed by atoms with Crippen LogP contribution in [-0.2, 0) is 4.79 Å². The summed E-state index contributed by atoms with van der Waals surface area (Å²) in [6.45, 7) is -0.613. The molecule has 2 rings (SSSR count). The van der Waals surface area contributed by atoms with Crippen LogP contribution < -0.4 is 15.8 Å². The lowest BCUT2D eigenvalue weighted by atomic mass is 9.97. The van der Waals surface area contributed by atoms with Gasteiger partial charge in [-0.3, -0.25) is 9.59 Å². The van der Waals surface area contributed by atoms with Crippen LogP contribution in [0.1, 0.15) is 12.8 Å². The van der Waals surface area contributed by atoms with Crippen molar-refractivity contribution in [1.29, 1.82) is 0 Å². The molecule has 1 aromatic heterocycles. The van der Waals surface area contributed by atoms with E-state index in [0.717, 1.165) is 0 Å². The predicted octanol–water partition coefficient (Wildman–Crippen LogP) is 1.32. The van der Waals surface area contributed by atoms with Gasteiger partial charge in [-0.15, -0.1) is 0 Å². The fourth-order valence-electron chi connectivity index (χ4n) is 2.34. The number of hydrogen-bond donors (Lipinski definition) is 2. The lowest BCUT2D eigenvalue weighted by Gasteiger charge is -2.33. The van der Waals surface area contributed by atoms with Gasteiger partial charge in [0.15, 0.2) is 0 Å². The summed E-state index contributed by atoms with van der Waals surface area (Å²) in [6.07, 6.45) is -1.99. The maximum absolute atomic E-state index is 12.1. The molecule has 0 aromatic carbocycles. The number of aromatic amines is 1. The third-order valence-electron chi connectivity index (χ3n) is 3.37. The normalized spacial score (nSPS) is 19.1. The van der Waals surface area contributed by atoms with Crippen LogP contribution in [0.25, 0.3) is 0 Å². The first-order valence-electron chi connectivity index (χ1n) is 6.60. The highest BCUT2D eigenvalue weighted by Crippen LogP contribution is 2.26. The van der Waals surface area contributed by atoms with Gasteiger partial charge in [-0.25, -0.2) is 5.10 Å². The summed E-state index contributed by atoms with van der Waals surface area (Å²) in [5, 5.41) is 7.66. The van der Waals surface area contributed by atoms with E-state index in [1.54, 1.807) is 4.90 Å². The Labute approximate surface area is 128 Å². The molecule has 2 N–H and O–H groups in total. The van der Waals surface area contributed by atoms with Gasteiger partial charge in [0.05, 0.1) is 17.8 Å². The second-order valence-electron chi connectivity index (χ2n) is 5.02. The van der Waals surface area contributed by atoms with E-state index in [1.807, 2.05) is 5.32 Å². The Balaban J connectivity index is 2.04. The minimum Gasteiger partial charge on any atom is -0.368 e. The molecule has 0 radical (unpaired) electrons. The van der Waals surface area contributed by atoms with Crippen molar-refractivity contribution in [2.75, 3.05) is 24.5 Å². The summed E-state index contributed by atoms with van der Waals surface area (Å²) in [7, 11) is 0. The molecule has 0 bridgehead atoms. The fourth-order valence-corrected chi connectivity index (χ4v) is 2.55. The van der Waals surface area contributed by atoms with Gasteiger partial charge in [0, 0.05) is 13.1 Å². The number of piperidine rings is 1. The molecule has 0 aliphatic carbocycles. The Morgan fingerprint density at radius 2 is 2.27 bits per heavy atom. The van der Waals surface area contributed by atoms with Crippen LogP contribution >= 0.6 is 11.6 Å². The van der Waals surface area contributed by atoms with Gasteiger partial charge < -0.3 is 10.2 Å². The molecule has 1 unspecified atom stereocenters. The number of amides is 1. The first-order valence-corrected chi connectivity index (χ1v) is 6.98. The number of carbonyl (C=O) groups excluding carboxylic acids is 1. The van der Waals surface area contributed by atoms with Crippen molar-refractivity contribution in [2.24, 2.45) is 5.92 Å². The SMILES string of the molecule is O=C(NCC(F)(F)F)C1CCCN(c2cn[nH]c(=O)c2Cl)C1. The maximum atomic E-state index is 12.1. The molecule has 1 fully saturated rings. The Hall–Kier alpha value is -1.77. The number of rotatable bonds is 3. The number of nitrogens with zero attached hydrogens (tertiary/aromatic N) is 2. The van der Waals surface area contributed by atoms with Crippen molar-refractivity contribution in [1.82, 2.24) is 15.5 Å². The Kier molecular flexibility index (Phi) is 4.94. The number of halogens is 4. The van der Waals surface area contributed by atoms with Crippen LogP contribution in [0, 0.1) is 5.92 Å². The number of anilines is 1. The van der Waals surface area contributed by atoms with Gasteiger partial charge in [0.2, 0.25) is 5.91 Å². The van der Waals surface area contributed by atoms with Gasteiger partial charge in [-0.1, -0.05) is 11.6 Å². The fraction of sp³-hybridized carbons (Fsp3) is 0.583. The molecule has 2 heterocycles. The van der Waals surface area contributed by atoms with Crippen molar-refractivity contribution in [3.8, 4) is 0 Å². The highest BCUT2D eigenvalue weighted by molar-refractivity contribution is 6.33. The Bertz CT molecular complexity index is 605. The summed E-state index contributed by atoms with van der Waals surface area (Å²) in [4.78, 5) is 24.9. The molecule has 22 heavy (non-hydrogen) atoms. The first kappa shape index (κ1) is 16.6. The van der Waals surface area contributed by atoms with Crippen molar-refractivity contribution >= 4 is 23.2 Å². The zero-order valence-electron chi connectivity index (χ0n) is 11.4. The number of alkyl halides is 3. The number of hydrogen-bond acceptors (Lipinski definition) is 4. The van der Waals surface area contributed by atoms with E-state index >= 15 is 0 Å². The van der Waals surface area contributed by atoms with Crippen molar-refractivity contribution in [2.45, 2.75) is 19.0 Å². The molecule has 1 aromatic rings. The molecule has 0 saturated carbocycles. The van der Waals surface area contributed by atoms with E-state index in [4.69, 9.17) is 11.6 Å². The van der Waals surface area contributed by atoms with Gasteiger partial charge in [0.25, 0.3) is 5.56 Å². The van der Waals surface area contributed by atoms with Crippen LogP contribution in [0.3, 0.4) is 0 Å². The second kappa shape index (κ2) is 6.55. The van der Waals surface area contributed by atoms with Gasteiger partial charge in [-0.05, 0) is 12.8 Å². The van der Waals surface area contributed by atoms with Crippen molar-refractivity contribution in [3.05, 3.63) is 21.6 Å². The van der Waals surface area contributed by atoms with E-state index < -0.39 is 30.1 Å². The van der Waals surface area contributed by atoms with Gasteiger partial charge in [-0.2, -0.15) is 18.3 Å². The maximum Gasteiger partial charge on any atom is 0.405 e. The van der Waals surface area contributed by atoms with Crippen LogP contribution in [0.4, 0.5) is 18.9 Å². The monoisotopic (exact) mass is 338 g/mol. The van der Waals surface area contributed by atoms with Crippen LogP contribution in [0.15, 0.2) is 11.0 Å². The molecule has 1 saturated heterocycles. The third-order valence-corrected chi connectivity index (χ3v) is 3.74. The van der Waals surface area contributed by atoms with Crippen molar-refractivity contribution < 1.29 is 18.0 Å². The standard InChI is InChI=1S/C12H14ClF3N4O2/c13-9-8(4-18-19-11(9)22)20-3-1-2-7(5-20)10(21)17-6-12(14,15)16/h4,7H,1-3,5-6H2,(H,17,21)(H,19,22). The molecular weight excluding hydrogens is 325 g/mol. The average molecular weight is 339 g/mol. The lowest BCUT2D eigenvalue weighted by molar-refractivity contribution is -0.140. The Morgan fingerprint density at radius 1 is 1.55 bits per heavy atom. The lowest BCUT2D eigenvalue weighted by Crippen LogP contribution is -2.45. The molecule has 0 spiro atoms. The molecule has 122 valence electrons. The molecular formula is C12H14ClF3N4O2. The summed E-state index contributed by atoms with van der Waals surface area (Å²) >= 11 is 5.90. The zero-order valence-corrected chi connectivity index (χ0v) is 12.2. The smallest absolute Gasteiger partial charge is 0.368 e. The molecule has 1 atom stereocenters. The van der Waals surface area contributed by atoms with Crippen molar-refractivity contribution in [3.63, 3.8) is 0 Å². The van der Waals surface area contributed by atoms with E-state index in [0.29, 0.717) is 25.1 Å². The number of carbonyl (C=O) groups is 1. The number of H-pyrrole nitrogens is 1. The molecule has 10 heteroatoms. The number of aromatic nitrogens is 2. The van der Waals surface area contributed by atoms with E-state index in [-0.39, 0.29) is 11.6 Å². The summed E-state index contributed by atoms with van der Waals surface area (Å²) < 4.78 is 36.4. The minimum atomic E-state index is -4.44. The molecule has 1 aliphatic heterocycles. The van der Waals surface area contributed by atoms with Gasteiger partial charge in [0.1, 0.15) is 11.6 Å². The largest absolute Gasteiger partial charge is 0.405 e. The molecule has 1 aliphatic rings. The summed E-state index contributed by atoms with van der Waals surface area (Å²) in [5.74, 6) is -1.25.